The Morgan fingerprint density at radius 2 is 2.11 bits per heavy atom. The average Bonchev–Trinajstić information content (AvgIpc) is 2.56. The molecular formula is C10H15F3N2O4. The number of nitrogens with zero attached hydrogens (tertiary/aromatic N) is 1. The van der Waals surface area contributed by atoms with E-state index in [9.17, 15) is 22.8 Å². The van der Waals surface area contributed by atoms with Gasteiger partial charge in [0.2, 0.25) is 5.91 Å². The fourth-order valence-electron chi connectivity index (χ4n) is 1.85. The zero-order chi connectivity index (χ0) is 14.8. The van der Waals surface area contributed by atoms with Gasteiger partial charge in [-0.25, -0.2) is 0 Å². The first kappa shape index (κ1) is 15.7. The van der Waals surface area contributed by atoms with Crippen molar-refractivity contribution in [3.63, 3.8) is 0 Å². The van der Waals surface area contributed by atoms with Crippen molar-refractivity contribution in [1.82, 2.24) is 4.90 Å². The van der Waals surface area contributed by atoms with Gasteiger partial charge in [-0.1, -0.05) is 0 Å². The SMILES string of the molecule is CC1(C(=O)N(CC(=O)O)CC(F)(F)F)COCC1N. The maximum Gasteiger partial charge on any atom is 0.406 e. The van der Waals surface area contributed by atoms with Crippen molar-refractivity contribution < 1.29 is 32.6 Å². The highest BCUT2D eigenvalue weighted by atomic mass is 19.4. The molecule has 0 bridgehead atoms. The van der Waals surface area contributed by atoms with E-state index in [2.05, 4.69) is 0 Å². The monoisotopic (exact) mass is 284 g/mol. The van der Waals surface area contributed by atoms with Gasteiger partial charge < -0.3 is 20.5 Å². The number of ether oxygens (including phenoxy) is 1. The molecule has 1 fully saturated rings. The second-order valence-electron chi connectivity index (χ2n) is 4.71. The van der Waals surface area contributed by atoms with Crippen LogP contribution in [0.25, 0.3) is 0 Å². The molecule has 0 spiro atoms. The third-order valence-corrected chi connectivity index (χ3v) is 2.99. The number of carboxylic acids is 1. The fraction of sp³-hybridized carbons (Fsp3) is 0.800. The van der Waals surface area contributed by atoms with Crippen LogP contribution in [-0.2, 0) is 14.3 Å². The molecule has 0 radical (unpaired) electrons. The summed E-state index contributed by atoms with van der Waals surface area (Å²) in [6.45, 7) is -1.35. The Balaban J connectivity index is 2.90. The minimum absolute atomic E-state index is 0.0508. The fourth-order valence-corrected chi connectivity index (χ4v) is 1.85. The molecular weight excluding hydrogens is 269 g/mol. The molecule has 0 saturated carbocycles. The maximum atomic E-state index is 12.4. The minimum atomic E-state index is -4.68. The lowest BCUT2D eigenvalue weighted by molar-refractivity contribution is -0.171. The summed E-state index contributed by atoms with van der Waals surface area (Å²) in [5.74, 6) is -2.48. The van der Waals surface area contributed by atoms with Gasteiger partial charge in [0.1, 0.15) is 13.1 Å². The number of halogens is 3. The van der Waals surface area contributed by atoms with E-state index in [0.29, 0.717) is 0 Å². The Labute approximate surface area is 107 Å². The van der Waals surface area contributed by atoms with E-state index in [1.54, 1.807) is 0 Å². The van der Waals surface area contributed by atoms with E-state index in [0.717, 1.165) is 0 Å². The topological polar surface area (TPSA) is 92.9 Å². The van der Waals surface area contributed by atoms with Gasteiger partial charge >= 0.3 is 12.1 Å². The van der Waals surface area contributed by atoms with Gasteiger partial charge in [0.25, 0.3) is 0 Å². The average molecular weight is 284 g/mol. The first-order valence-corrected chi connectivity index (χ1v) is 5.47. The highest BCUT2D eigenvalue weighted by molar-refractivity contribution is 5.86. The molecule has 0 aliphatic carbocycles. The summed E-state index contributed by atoms with van der Waals surface area (Å²) < 4.78 is 42.1. The van der Waals surface area contributed by atoms with Crippen molar-refractivity contribution in [2.24, 2.45) is 11.1 Å². The smallest absolute Gasteiger partial charge is 0.406 e. The van der Waals surface area contributed by atoms with Crippen LogP contribution in [0.3, 0.4) is 0 Å². The van der Waals surface area contributed by atoms with Gasteiger partial charge in [0.15, 0.2) is 0 Å². The lowest BCUT2D eigenvalue weighted by Crippen LogP contribution is -2.54. The normalized spacial score (nSPS) is 27.3. The number of amides is 1. The van der Waals surface area contributed by atoms with E-state index in [1.807, 2.05) is 0 Å². The maximum absolute atomic E-state index is 12.4. The van der Waals surface area contributed by atoms with E-state index < -0.39 is 42.6 Å². The molecule has 2 atom stereocenters. The highest BCUT2D eigenvalue weighted by Crippen LogP contribution is 2.30. The number of aliphatic carboxylic acids is 1. The van der Waals surface area contributed by atoms with Crippen LogP contribution < -0.4 is 5.73 Å². The van der Waals surface area contributed by atoms with Gasteiger partial charge in [0, 0.05) is 6.04 Å². The standard InChI is InChI=1S/C10H15F3N2O4/c1-9(5-19-3-6(9)14)8(18)15(2-7(16)17)4-10(11,12)13/h6H,2-5,14H2,1H3,(H,16,17). The van der Waals surface area contributed by atoms with Crippen LogP contribution >= 0.6 is 0 Å². The van der Waals surface area contributed by atoms with Crippen molar-refractivity contribution in [2.75, 3.05) is 26.3 Å². The number of hydrogen-bond acceptors (Lipinski definition) is 4. The lowest BCUT2D eigenvalue weighted by Gasteiger charge is -2.32. The molecule has 1 rings (SSSR count). The number of alkyl halides is 3. The molecule has 9 heteroatoms. The number of carbonyl (C=O) groups excluding carboxylic acids is 1. The molecule has 1 saturated heterocycles. The number of hydrogen-bond donors (Lipinski definition) is 2. The second kappa shape index (κ2) is 5.33. The molecule has 0 aromatic rings. The van der Waals surface area contributed by atoms with Crippen LogP contribution in [0.1, 0.15) is 6.92 Å². The van der Waals surface area contributed by atoms with E-state index in [4.69, 9.17) is 15.6 Å². The van der Waals surface area contributed by atoms with Crippen LogP contribution in [0, 0.1) is 5.41 Å². The van der Waals surface area contributed by atoms with E-state index in [-0.39, 0.29) is 18.1 Å². The second-order valence-corrected chi connectivity index (χ2v) is 4.71. The van der Waals surface area contributed by atoms with E-state index >= 15 is 0 Å². The van der Waals surface area contributed by atoms with Crippen molar-refractivity contribution in [1.29, 1.82) is 0 Å². The van der Waals surface area contributed by atoms with Crippen LogP contribution in [0.2, 0.25) is 0 Å². The summed E-state index contributed by atoms with van der Waals surface area (Å²) in [7, 11) is 0. The molecule has 1 aliphatic heterocycles. The van der Waals surface area contributed by atoms with Crippen LogP contribution in [-0.4, -0.2) is 60.4 Å². The van der Waals surface area contributed by atoms with Crippen molar-refractivity contribution in [2.45, 2.75) is 19.1 Å². The molecule has 19 heavy (non-hydrogen) atoms. The third-order valence-electron chi connectivity index (χ3n) is 2.99. The van der Waals surface area contributed by atoms with Gasteiger partial charge in [-0.15, -0.1) is 0 Å². The summed E-state index contributed by atoms with van der Waals surface area (Å²) in [6.07, 6.45) is -4.68. The van der Waals surface area contributed by atoms with Gasteiger partial charge in [-0.3, -0.25) is 9.59 Å². The molecule has 2 unspecified atom stereocenters. The van der Waals surface area contributed by atoms with E-state index in [1.165, 1.54) is 6.92 Å². The summed E-state index contributed by atoms with van der Waals surface area (Å²) in [5, 5.41) is 8.60. The molecule has 1 heterocycles. The van der Waals surface area contributed by atoms with Crippen LogP contribution in [0.4, 0.5) is 13.2 Å². The highest BCUT2D eigenvalue weighted by Gasteiger charge is 2.48. The molecule has 6 nitrogen and oxygen atoms in total. The summed E-state index contributed by atoms with van der Waals surface area (Å²) in [5.41, 5.74) is 4.31. The number of nitrogens with two attached hydrogens (primary N) is 1. The molecule has 110 valence electrons. The Morgan fingerprint density at radius 3 is 2.47 bits per heavy atom. The Bertz CT molecular complexity index is 374. The van der Waals surface area contributed by atoms with Crippen molar-refractivity contribution in [3.05, 3.63) is 0 Å². The lowest BCUT2D eigenvalue weighted by atomic mass is 9.84. The Kier molecular flexibility index (Phi) is 4.41. The van der Waals surface area contributed by atoms with Crippen LogP contribution in [0.15, 0.2) is 0 Å². The zero-order valence-corrected chi connectivity index (χ0v) is 10.2. The number of carbonyl (C=O) groups is 2. The summed E-state index contributed by atoms with van der Waals surface area (Å²) in [4.78, 5) is 22.9. The largest absolute Gasteiger partial charge is 0.480 e. The first-order chi connectivity index (χ1) is 8.56. The first-order valence-electron chi connectivity index (χ1n) is 5.47. The van der Waals surface area contributed by atoms with Gasteiger partial charge in [-0.05, 0) is 6.92 Å². The Hall–Kier alpha value is -1.35. The molecule has 0 aromatic carbocycles. The van der Waals surface area contributed by atoms with Crippen molar-refractivity contribution in [3.8, 4) is 0 Å². The summed E-state index contributed by atoms with van der Waals surface area (Å²) >= 11 is 0. The predicted octanol–water partition coefficient (Wildman–Crippen LogP) is -0.174. The van der Waals surface area contributed by atoms with Gasteiger partial charge in [-0.2, -0.15) is 13.2 Å². The Morgan fingerprint density at radius 1 is 1.53 bits per heavy atom. The molecule has 3 N–H and O–H groups in total. The third kappa shape index (κ3) is 3.80. The molecule has 1 amide bonds. The van der Waals surface area contributed by atoms with Crippen molar-refractivity contribution >= 4 is 11.9 Å². The number of rotatable bonds is 4. The number of carboxylic acid groups (broad SMARTS) is 1. The van der Waals surface area contributed by atoms with Crippen LogP contribution in [0.5, 0.6) is 0 Å². The molecule has 1 aliphatic rings. The molecule has 0 aromatic heterocycles. The zero-order valence-electron chi connectivity index (χ0n) is 10.2. The van der Waals surface area contributed by atoms with Gasteiger partial charge in [0.05, 0.1) is 18.6 Å². The summed E-state index contributed by atoms with van der Waals surface area (Å²) in [6, 6.07) is -0.760. The predicted molar refractivity (Wildman–Crippen MR) is 57.2 cm³/mol. The quantitative estimate of drug-likeness (QED) is 0.747. The minimum Gasteiger partial charge on any atom is -0.480 e.